The van der Waals surface area contributed by atoms with Gasteiger partial charge in [-0.05, 0) is 60.2 Å². The van der Waals surface area contributed by atoms with Crippen molar-refractivity contribution in [3.05, 3.63) is 64.9 Å². The summed E-state index contributed by atoms with van der Waals surface area (Å²) in [6, 6.07) is 12.3. The van der Waals surface area contributed by atoms with Crippen LogP contribution in [-0.2, 0) is 24.1 Å². The van der Waals surface area contributed by atoms with Gasteiger partial charge in [0.1, 0.15) is 17.3 Å². The van der Waals surface area contributed by atoms with Crippen LogP contribution in [0.2, 0.25) is 0 Å². The smallest absolute Gasteiger partial charge is 0.137 e. The number of hydrogen-bond acceptors (Lipinski definition) is 5. The second-order valence-corrected chi connectivity index (χ2v) is 8.12. The number of aryl methyl sites for hydroxylation is 1. The number of methoxy groups -OCH3 is 2. The van der Waals surface area contributed by atoms with Crippen LogP contribution in [0.4, 0.5) is 5.69 Å². The molecule has 0 fully saturated rings. The fourth-order valence-corrected chi connectivity index (χ4v) is 4.35. The minimum absolute atomic E-state index is 0.273. The van der Waals surface area contributed by atoms with Crippen LogP contribution < -0.4 is 14.4 Å². The number of rotatable bonds is 10. The standard InChI is InChI=1S/C26H30N2O3/c1-30-24-10-11-26(31-2)21(17-24)5-3-7-23(29)15-19-8-9-20-12-14-28(25(20)16-19)18-22-6-4-13-27-22/h6,8-11,13,16-17H,3-5,7,12,14-15,18H2,1-2H3. The molecule has 5 nitrogen and oxygen atoms in total. The minimum Gasteiger partial charge on any atom is -0.497 e. The lowest BCUT2D eigenvalue weighted by molar-refractivity contribution is -0.118. The van der Waals surface area contributed by atoms with Gasteiger partial charge in [-0.15, -0.1) is 0 Å². The van der Waals surface area contributed by atoms with Gasteiger partial charge < -0.3 is 14.4 Å². The summed E-state index contributed by atoms with van der Waals surface area (Å²) in [7, 11) is 3.33. The molecule has 2 aromatic rings. The van der Waals surface area contributed by atoms with E-state index in [4.69, 9.17) is 9.47 Å². The van der Waals surface area contributed by atoms with E-state index in [0.29, 0.717) is 12.8 Å². The Kier molecular flexibility index (Phi) is 6.70. The van der Waals surface area contributed by atoms with E-state index in [1.54, 1.807) is 14.2 Å². The summed E-state index contributed by atoms with van der Waals surface area (Å²) in [5.74, 6) is 1.92. The number of hydrogen-bond donors (Lipinski definition) is 0. The molecule has 0 saturated carbocycles. The third kappa shape index (κ3) is 5.16. The topological polar surface area (TPSA) is 51.1 Å². The Hall–Kier alpha value is -3.08. The number of benzene rings is 2. The van der Waals surface area contributed by atoms with E-state index in [9.17, 15) is 4.79 Å². The van der Waals surface area contributed by atoms with Crippen molar-refractivity contribution in [2.75, 3.05) is 32.2 Å². The molecule has 2 heterocycles. The zero-order valence-electron chi connectivity index (χ0n) is 18.4. The summed E-state index contributed by atoms with van der Waals surface area (Å²) >= 11 is 0. The average molecular weight is 419 g/mol. The number of carbonyl (C=O) groups is 1. The van der Waals surface area contributed by atoms with E-state index in [0.717, 1.165) is 67.1 Å². The van der Waals surface area contributed by atoms with Crippen LogP contribution in [-0.4, -0.2) is 39.3 Å². The highest BCUT2D eigenvalue weighted by Crippen LogP contribution is 2.31. The molecule has 0 saturated heterocycles. The first kappa shape index (κ1) is 21.2. The van der Waals surface area contributed by atoms with Crippen molar-refractivity contribution in [2.24, 2.45) is 4.99 Å². The van der Waals surface area contributed by atoms with Crippen LogP contribution in [0.3, 0.4) is 0 Å². The van der Waals surface area contributed by atoms with Gasteiger partial charge in [0.2, 0.25) is 0 Å². The van der Waals surface area contributed by atoms with E-state index < -0.39 is 0 Å². The van der Waals surface area contributed by atoms with Crippen LogP contribution in [0, 0.1) is 0 Å². The molecule has 0 aromatic heterocycles. The Morgan fingerprint density at radius 1 is 1.13 bits per heavy atom. The summed E-state index contributed by atoms with van der Waals surface area (Å²) in [4.78, 5) is 19.5. The first-order valence-electron chi connectivity index (χ1n) is 11.0. The predicted octanol–water partition coefficient (Wildman–Crippen LogP) is 4.56. The van der Waals surface area contributed by atoms with Gasteiger partial charge in [0.25, 0.3) is 0 Å². The van der Waals surface area contributed by atoms with E-state index in [2.05, 4.69) is 34.2 Å². The van der Waals surface area contributed by atoms with Gasteiger partial charge in [0, 0.05) is 37.7 Å². The van der Waals surface area contributed by atoms with Gasteiger partial charge in [-0.25, -0.2) is 0 Å². The normalized spacial score (nSPS) is 14.5. The number of ketones is 1. The number of fused-ring (bicyclic) bond motifs is 1. The zero-order chi connectivity index (χ0) is 21.6. The molecule has 5 heteroatoms. The molecule has 0 N–H and O–H groups in total. The van der Waals surface area contributed by atoms with Crippen molar-refractivity contribution >= 4 is 17.7 Å². The fraction of sp³-hybridized carbons (Fsp3) is 0.385. The molecule has 31 heavy (non-hydrogen) atoms. The van der Waals surface area contributed by atoms with Crippen LogP contribution in [0.25, 0.3) is 0 Å². The Bertz CT molecular complexity index is 1010. The van der Waals surface area contributed by atoms with E-state index in [-0.39, 0.29) is 5.78 Å². The molecule has 0 unspecified atom stereocenters. The zero-order valence-corrected chi connectivity index (χ0v) is 18.4. The van der Waals surface area contributed by atoms with Crippen LogP contribution >= 0.6 is 0 Å². The van der Waals surface area contributed by atoms with Gasteiger partial charge in [0.05, 0.1) is 26.5 Å². The Balaban J connectivity index is 1.33. The average Bonchev–Trinajstić information content (AvgIpc) is 3.44. The number of aliphatic imine (C=N–C) groups is 1. The lowest BCUT2D eigenvalue weighted by Crippen LogP contribution is -2.22. The molecule has 4 rings (SSSR count). The maximum Gasteiger partial charge on any atom is 0.137 e. The third-order valence-electron chi connectivity index (χ3n) is 6.00. The van der Waals surface area contributed by atoms with E-state index in [1.807, 2.05) is 24.4 Å². The Morgan fingerprint density at radius 3 is 2.81 bits per heavy atom. The quantitative estimate of drug-likeness (QED) is 0.568. The first-order chi connectivity index (χ1) is 15.2. The molecular weight excluding hydrogens is 388 g/mol. The van der Waals surface area contributed by atoms with E-state index >= 15 is 0 Å². The molecule has 0 amide bonds. The maximum atomic E-state index is 12.6. The van der Waals surface area contributed by atoms with Crippen molar-refractivity contribution < 1.29 is 14.3 Å². The van der Waals surface area contributed by atoms with Crippen LogP contribution in [0.5, 0.6) is 11.5 Å². The van der Waals surface area contributed by atoms with Crippen molar-refractivity contribution in [2.45, 2.75) is 38.5 Å². The predicted molar refractivity (Wildman–Crippen MR) is 125 cm³/mol. The molecule has 2 aliphatic rings. The fourth-order valence-electron chi connectivity index (χ4n) is 4.35. The second kappa shape index (κ2) is 9.82. The van der Waals surface area contributed by atoms with E-state index in [1.165, 1.54) is 11.3 Å². The SMILES string of the molecule is COc1ccc(OC)c(CCCC(=O)Cc2ccc3c(c2)N(CC2=CCC=N2)CC3)c1. The highest BCUT2D eigenvalue weighted by atomic mass is 16.5. The third-order valence-corrected chi connectivity index (χ3v) is 6.00. The van der Waals surface area contributed by atoms with Gasteiger partial charge >= 0.3 is 0 Å². The monoisotopic (exact) mass is 418 g/mol. The van der Waals surface area contributed by atoms with Crippen molar-refractivity contribution in [3.8, 4) is 11.5 Å². The summed E-state index contributed by atoms with van der Waals surface area (Å²) < 4.78 is 10.8. The van der Waals surface area contributed by atoms with Crippen LogP contribution in [0.15, 0.2) is 53.2 Å². The van der Waals surface area contributed by atoms with Gasteiger partial charge in [0.15, 0.2) is 0 Å². The second-order valence-electron chi connectivity index (χ2n) is 8.12. The Labute approximate surface area is 184 Å². The molecule has 0 atom stereocenters. The van der Waals surface area contributed by atoms with Gasteiger partial charge in [-0.2, -0.15) is 0 Å². The van der Waals surface area contributed by atoms with Crippen LogP contribution in [0.1, 0.15) is 36.0 Å². The van der Waals surface area contributed by atoms with Crippen molar-refractivity contribution in [1.82, 2.24) is 0 Å². The first-order valence-corrected chi connectivity index (χ1v) is 11.0. The summed E-state index contributed by atoms with van der Waals surface area (Å²) in [6.07, 6.45) is 8.77. The summed E-state index contributed by atoms with van der Waals surface area (Å²) in [5.41, 5.74) is 5.94. The minimum atomic E-state index is 0.273. The number of nitrogens with zero attached hydrogens (tertiary/aromatic N) is 2. The summed E-state index contributed by atoms with van der Waals surface area (Å²) in [6.45, 7) is 1.87. The number of allylic oxidation sites excluding steroid dienone is 1. The van der Waals surface area contributed by atoms with Gasteiger partial charge in [-0.3, -0.25) is 9.79 Å². The lowest BCUT2D eigenvalue weighted by atomic mass is 10.0. The molecule has 2 aromatic carbocycles. The molecule has 0 spiro atoms. The maximum absolute atomic E-state index is 12.6. The highest BCUT2D eigenvalue weighted by Gasteiger charge is 2.21. The van der Waals surface area contributed by atoms with Crippen molar-refractivity contribution in [1.29, 1.82) is 0 Å². The molecule has 0 aliphatic carbocycles. The molecule has 0 radical (unpaired) electrons. The largest absolute Gasteiger partial charge is 0.497 e. The van der Waals surface area contributed by atoms with Gasteiger partial charge in [-0.1, -0.05) is 18.2 Å². The Morgan fingerprint density at radius 2 is 2.03 bits per heavy atom. The highest BCUT2D eigenvalue weighted by molar-refractivity contribution is 5.81. The lowest BCUT2D eigenvalue weighted by Gasteiger charge is -2.19. The number of anilines is 1. The molecular formula is C26H30N2O3. The number of carbonyl (C=O) groups excluding carboxylic acids is 1. The molecule has 0 bridgehead atoms. The van der Waals surface area contributed by atoms with Crippen molar-refractivity contribution in [3.63, 3.8) is 0 Å². The summed E-state index contributed by atoms with van der Waals surface area (Å²) in [5, 5.41) is 0. The molecule has 2 aliphatic heterocycles. The number of ether oxygens (including phenoxy) is 2. The number of Topliss-reactive ketones (excluding diaryl/α,β-unsaturated/α-hetero) is 1. The molecule has 162 valence electrons.